The van der Waals surface area contributed by atoms with Gasteiger partial charge in [0, 0.05) is 23.5 Å². The van der Waals surface area contributed by atoms with Gasteiger partial charge in [0.2, 0.25) is 5.91 Å². The number of nitrogen functional groups attached to an aromatic ring is 1. The van der Waals surface area contributed by atoms with E-state index in [2.05, 4.69) is 5.32 Å². The molecule has 0 aliphatic rings. The number of anilines is 2. The van der Waals surface area contributed by atoms with Crippen molar-refractivity contribution in [1.82, 2.24) is 0 Å². The molecular weight excluding hydrogens is 238 g/mol. The highest BCUT2D eigenvalue weighted by Crippen LogP contribution is 2.16. The molecule has 2 rings (SSSR count). The lowest BCUT2D eigenvalue weighted by molar-refractivity contribution is 0.1000. The van der Waals surface area contributed by atoms with Gasteiger partial charge in [0.1, 0.15) is 0 Å². The topological polar surface area (TPSA) is 81.1 Å². The Kier molecular flexibility index (Phi) is 3.71. The lowest BCUT2D eigenvalue weighted by atomic mass is 10.1. The first-order chi connectivity index (χ1) is 9.06. The Balaban J connectivity index is 2.06. The summed E-state index contributed by atoms with van der Waals surface area (Å²) in [6.45, 7) is 2.57. The van der Waals surface area contributed by atoms with Crippen molar-refractivity contribution in [2.45, 2.75) is 13.5 Å². The van der Waals surface area contributed by atoms with Crippen LogP contribution >= 0.6 is 0 Å². The fourth-order valence-corrected chi connectivity index (χ4v) is 1.89. The number of hydrogen-bond acceptors (Lipinski definition) is 3. The Hall–Kier alpha value is -2.49. The van der Waals surface area contributed by atoms with Crippen molar-refractivity contribution < 1.29 is 4.79 Å². The molecule has 0 aliphatic heterocycles. The van der Waals surface area contributed by atoms with Crippen LogP contribution in [0.3, 0.4) is 0 Å². The molecular formula is C15H17N3O. The second-order valence-corrected chi connectivity index (χ2v) is 4.49. The second kappa shape index (κ2) is 5.44. The summed E-state index contributed by atoms with van der Waals surface area (Å²) in [5.41, 5.74) is 15.2. The zero-order valence-electron chi connectivity index (χ0n) is 10.8. The molecule has 5 N–H and O–H groups in total. The third kappa shape index (κ3) is 3.25. The van der Waals surface area contributed by atoms with Crippen LogP contribution in [0.15, 0.2) is 42.5 Å². The summed E-state index contributed by atoms with van der Waals surface area (Å²) in [5.74, 6) is -0.400. The molecule has 4 nitrogen and oxygen atoms in total. The lowest BCUT2D eigenvalue weighted by Gasteiger charge is -2.09. The predicted octanol–water partition coefficient (Wildman–Crippen LogP) is 2.29. The monoisotopic (exact) mass is 255 g/mol. The van der Waals surface area contributed by atoms with Crippen molar-refractivity contribution in [1.29, 1.82) is 0 Å². The Morgan fingerprint density at radius 2 is 1.84 bits per heavy atom. The molecule has 0 aromatic heterocycles. The fourth-order valence-electron chi connectivity index (χ4n) is 1.89. The summed E-state index contributed by atoms with van der Waals surface area (Å²) < 4.78 is 0. The average Bonchev–Trinajstić information content (AvgIpc) is 2.37. The number of rotatable bonds is 4. The van der Waals surface area contributed by atoms with Crippen LogP contribution in [0.2, 0.25) is 0 Å². The summed E-state index contributed by atoms with van der Waals surface area (Å²) in [4.78, 5) is 11.1. The average molecular weight is 255 g/mol. The van der Waals surface area contributed by atoms with Crippen molar-refractivity contribution in [3.8, 4) is 0 Å². The smallest absolute Gasteiger partial charge is 0.248 e. The molecule has 2 aromatic carbocycles. The van der Waals surface area contributed by atoms with E-state index in [0.717, 1.165) is 22.5 Å². The standard InChI is InChI=1S/C15H17N3O/c1-10-8-13(6-7-14(10)15(17)19)18-9-11-2-4-12(16)5-3-11/h2-8,18H,9,16H2,1H3,(H2,17,19). The number of benzene rings is 2. The van der Waals surface area contributed by atoms with Crippen LogP contribution in [-0.4, -0.2) is 5.91 Å². The third-order valence-corrected chi connectivity index (χ3v) is 2.97. The van der Waals surface area contributed by atoms with E-state index < -0.39 is 5.91 Å². The van der Waals surface area contributed by atoms with E-state index in [1.54, 1.807) is 6.07 Å². The van der Waals surface area contributed by atoms with Gasteiger partial charge in [-0.1, -0.05) is 12.1 Å². The number of amides is 1. The molecule has 0 bridgehead atoms. The first kappa shape index (κ1) is 13.0. The van der Waals surface area contributed by atoms with E-state index in [-0.39, 0.29) is 0 Å². The van der Waals surface area contributed by atoms with E-state index in [4.69, 9.17) is 11.5 Å². The molecule has 0 heterocycles. The summed E-state index contributed by atoms with van der Waals surface area (Å²) in [6.07, 6.45) is 0. The van der Waals surface area contributed by atoms with Crippen molar-refractivity contribution >= 4 is 17.3 Å². The molecule has 4 heteroatoms. The number of aryl methyl sites for hydroxylation is 1. The van der Waals surface area contributed by atoms with Crippen LogP contribution in [-0.2, 0) is 6.54 Å². The van der Waals surface area contributed by atoms with Crippen molar-refractivity contribution in [3.63, 3.8) is 0 Å². The number of carbonyl (C=O) groups is 1. The van der Waals surface area contributed by atoms with Crippen LogP contribution in [0.1, 0.15) is 21.5 Å². The molecule has 0 radical (unpaired) electrons. The largest absolute Gasteiger partial charge is 0.399 e. The van der Waals surface area contributed by atoms with Crippen molar-refractivity contribution in [3.05, 3.63) is 59.2 Å². The molecule has 1 amide bonds. The SMILES string of the molecule is Cc1cc(NCc2ccc(N)cc2)ccc1C(N)=O. The van der Waals surface area contributed by atoms with Gasteiger partial charge < -0.3 is 16.8 Å². The first-order valence-electron chi connectivity index (χ1n) is 6.05. The molecule has 98 valence electrons. The minimum atomic E-state index is -0.400. The molecule has 0 spiro atoms. The minimum Gasteiger partial charge on any atom is -0.399 e. The van der Waals surface area contributed by atoms with Crippen molar-refractivity contribution in [2.24, 2.45) is 5.73 Å². The van der Waals surface area contributed by atoms with E-state index >= 15 is 0 Å². The van der Waals surface area contributed by atoms with Gasteiger partial charge in [-0.2, -0.15) is 0 Å². The zero-order valence-corrected chi connectivity index (χ0v) is 10.8. The van der Waals surface area contributed by atoms with Crippen molar-refractivity contribution in [2.75, 3.05) is 11.1 Å². The van der Waals surface area contributed by atoms with Crippen LogP contribution in [0.4, 0.5) is 11.4 Å². The summed E-state index contributed by atoms with van der Waals surface area (Å²) in [6, 6.07) is 13.2. The van der Waals surface area contributed by atoms with Gasteiger partial charge in [0.05, 0.1) is 0 Å². The number of nitrogens with two attached hydrogens (primary N) is 2. The second-order valence-electron chi connectivity index (χ2n) is 4.49. The fraction of sp³-hybridized carbons (Fsp3) is 0.133. The minimum absolute atomic E-state index is 0.400. The van der Waals surface area contributed by atoms with Gasteiger partial charge >= 0.3 is 0 Å². The van der Waals surface area contributed by atoms with Gasteiger partial charge in [0.25, 0.3) is 0 Å². The highest BCUT2D eigenvalue weighted by molar-refractivity contribution is 5.94. The van der Waals surface area contributed by atoms with Gasteiger partial charge in [-0.3, -0.25) is 4.79 Å². The molecule has 0 fully saturated rings. The van der Waals surface area contributed by atoms with Gasteiger partial charge in [-0.25, -0.2) is 0 Å². The molecule has 0 aliphatic carbocycles. The predicted molar refractivity (Wildman–Crippen MR) is 77.9 cm³/mol. The van der Waals surface area contributed by atoms with Gasteiger partial charge in [-0.05, 0) is 48.4 Å². The van der Waals surface area contributed by atoms with E-state index in [9.17, 15) is 4.79 Å². The molecule has 0 saturated heterocycles. The third-order valence-electron chi connectivity index (χ3n) is 2.97. The summed E-state index contributed by atoms with van der Waals surface area (Å²) in [7, 11) is 0. The Bertz CT molecular complexity index is 591. The number of primary amides is 1. The Morgan fingerprint density at radius 3 is 2.42 bits per heavy atom. The first-order valence-corrected chi connectivity index (χ1v) is 6.05. The lowest BCUT2D eigenvalue weighted by Crippen LogP contribution is -2.12. The van der Waals surface area contributed by atoms with Crippen LogP contribution in [0, 0.1) is 6.92 Å². The van der Waals surface area contributed by atoms with Crippen LogP contribution in [0.5, 0.6) is 0 Å². The van der Waals surface area contributed by atoms with Crippen LogP contribution < -0.4 is 16.8 Å². The maximum absolute atomic E-state index is 11.1. The highest BCUT2D eigenvalue weighted by Gasteiger charge is 2.05. The normalized spacial score (nSPS) is 10.2. The molecule has 0 unspecified atom stereocenters. The molecule has 0 saturated carbocycles. The highest BCUT2D eigenvalue weighted by atomic mass is 16.1. The van der Waals surface area contributed by atoms with E-state index in [1.165, 1.54) is 0 Å². The van der Waals surface area contributed by atoms with E-state index in [1.807, 2.05) is 43.3 Å². The number of carbonyl (C=O) groups excluding carboxylic acids is 1. The van der Waals surface area contributed by atoms with Crippen LogP contribution in [0.25, 0.3) is 0 Å². The summed E-state index contributed by atoms with van der Waals surface area (Å²) >= 11 is 0. The zero-order chi connectivity index (χ0) is 13.8. The quantitative estimate of drug-likeness (QED) is 0.733. The Labute approximate surface area is 112 Å². The Morgan fingerprint density at radius 1 is 1.16 bits per heavy atom. The maximum Gasteiger partial charge on any atom is 0.248 e. The molecule has 2 aromatic rings. The maximum atomic E-state index is 11.1. The molecule has 19 heavy (non-hydrogen) atoms. The van der Waals surface area contributed by atoms with Gasteiger partial charge in [0.15, 0.2) is 0 Å². The summed E-state index contributed by atoms with van der Waals surface area (Å²) in [5, 5.41) is 3.29. The van der Waals surface area contributed by atoms with Gasteiger partial charge in [-0.15, -0.1) is 0 Å². The number of nitrogens with one attached hydrogen (secondary N) is 1. The number of hydrogen-bond donors (Lipinski definition) is 3. The molecule has 0 atom stereocenters. The van der Waals surface area contributed by atoms with E-state index in [0.29, 0.717) is 12.1 Å².